The van der Waals surface area contributed by atoms with Gasteiger partial charge in [0.15, 0.2) is 5.78 Å². The fourth-order valence-electron chi connectivity index (χ4n) is 3.83. The Labute approximate surface area is 214 Å². The number of nitrogens with one attached hydrogen (secondary N) is 1. The van der Waals surface area contributed by atoms with E-state index in [0.717, 1.165) is 28.1 Å². The summed E-state index contributed by atoms with van der Waals surface area (Å²) >= 11 is 0. The molecule has 2 atom stereocenters. The number of ketones is 1. The van der Waals surface area contributed by atoms with Gasteiger partial charge in [0.25, 0.3) is 0 Å². The number of hydrogen-bond acceptors (Lipinski definition) is 5. The van der Waals surface area contributed by atoms with Gasteiger partial charge in [-0.1, -0.05) is 50.2 Å². The van der Waals surface area contributed by atoms with E-state index >= 15 is 0 Å². The van der Waals surface area contributed by atoms with Crippen LogP contribution in [-0.2, 0) is 26.2 Å². The van der Waals surface area contributed by atoms with Crippen molar-refractivity contribution in [2.75, 3.05) is 17.1 Å². The topological polar surface area (TPSA) is 104 Å². The molecule has 0 radical (unpaired) electrons. The van der Waals surface area contributed by atoms with Crippen LogP contribution >= 0.6 is 0 Å². The number of sulfonamides is 1. The van der Waals surface area contributed by atoms with E-state index in [4.69, 9.17) is 0 Å². The summed E-state index contributed by atoms with van der Waals surface area (Å²) in [5.41, 5.74) is 2.38. The van der Waals surface area contributed by atoms with Gasteiger partial charge in [-0.2, -0.15) is 0 Å². The molecule has 0 aliphatic rings. The zero-order valence-corrected chi connectivity index (χ0v) is 22.8. The van der Waals surface area contributed by atoms with Crippen LogP contribution in [0.25, 0.3) is 0 Å². The van der Waals surface area contributed by atoms with E-state index in [-0.39, 0.29) is 30.0 Å². The Morgan fingerprint density at radius 3 is 2.22 bits per heavy atom. The zero-order chi connectivity index (χ0) is 27.0. The van der Waals surface area contributed by atoms with Crippen LogP contribution in [0.1, 0.15) is 62.0 Å². The summed E-state index contributed by atoms with van der Waals surface area (Å²) in [4.78, 5) is 40.2. The molecule has 0 unspecified atom stereocenters. The number of anilines is 1. The summed E-state index contributed by atoms with van der Waals surface area (Å²) in [6.07, 6.45) is 2.11. The van der Waals surface area contributed by atoms with Gasteiger partial charge in [-0.15, -0.1) is 0 Å². The van der Waals surface area contributed by atoms with Gasteiger partial charge in [0, 0.05) is 18.2 Å². The first-order chi connectivity index (χ1) is 16.9. The van der Waals surface area contributed by atoms with E-state index in [1.54, 1.807) is 18.2 Å². The zero-order valence-electron chi connectivity index (χ0n) is 21.9. The molecule has 9 heteroatoms. The molecule has 36 heavy (non-hydrogen) atoms. The van der Waals surface area contributed by atoms with Crippen molar-refractivity contribution in [3.8, 4) is 0 Å². The predicted octanol–water partition coefficient (Wildman–Crippen LogP) is 3.69. The Morgan fingerprint density at radius 2 is 1.67 bits per heavy atom. The lowest BCUT2D eigenvalue weighted by Gasteiger charge is -2.33. The van der Waals surface area contributed by atoms with Gasteiger partial charge in [-0.3, -0.25) is 18.7 Å². The predicted molar refractivity (Wildman–Crippen MR) is 142 cm³/mol. The van der Waals surface area contributed by atoms with E-state index in [2.05, 4.69) is 5.32 Å². The largest absolute Gasteiger partial charge is 0.352 e. The average molecular weight is 516 g/mol. The molecule has 8 nitrogen and oxygen atoms in total. The second-order valence-electron chi connectivity index (χ2n) is 9.07. The molecule has 2 aromatic rings. The standard InChI is InChI=1S/C27H37N3O5S/c1-7-20(4)28-27(33)25(8-2)29(17-23-13-10-9-12-19(23)3)26(32)18-30(36(6,34)35)24-15-11-14-22(16-24)21(5)31/h9-16,20,25H,7-8,17-18H2,1-6H3,(H,28,33)/t20-,25-/m0/s1. The van der Waals surface area contributed by atoms with Crippen LogP contribution in [-0.4, -0.2) is 55.8 Å². The fraction of sp³-hybridized carbons (Fsp3) is 0.444. The van der Waals surface area contributed by atoms with Crippen LogP contribution in [0.3, 0.4) is 0 Å². The molecule has 1 N–H and O–H groups in total. The molecule has 0 aromatic heterocycles. The minimum atomic E-state index is -3.87. The molecule has 2 rings (SSSR count). The van der Waals surface area contributed by atoms with Crippen LogP contribution in [0.4, 0.5) is 5.69 Å². The van der Waals surface area contributed by atoms with Crippen molar-refractivity contribution < 1.29 is 22.8 Å². The number of aryl methyl sites for hydroxylation is 1. The number of benzene rings is 2. The Balaban J connectivity index is 2.49. The summed E-state index contributed by atoms with van der Waals surface area (Å²) in [6, 6.07) is 12.9. The maximum Gasteiger partial charge on any atom is 0.244 e. The molecule has 0 aliphatic carbocycles. The highest BCUT2D eigenvalue weighted by Crippen LogP contribution is 2.22. The van der Waals surface area contributed by atoms with E-state index in [1.807, 2.05) is 52.0 Å². The second-order valence-corrected chi connectivity index (χ2v) is 11.0. The lowest BCUT2D eigenvalue weighted by atomic mass is 10.1. The molecular formula is C27H37N3O5S. The van der Waals surface area contributed by atoms with Gasteiger partial charge in [0.2, 0.25) is 21.8 Å². The van der Waals surface area contributed by atoms with Crippen LogP contribution in [0.15, 0.2) is 48.5 Å². The van der Waals surface area contributed by atoms with Gasteiger partial charge in [-0.25, -0.2) is 8.42 Å². The molecule has 0 saturated carbocycles. The maximum atomic E-state index is 13.7. The Hall–Kier alpha value is -3.20. The molecule has 0 aliphatic heterocycles. The molecule has 0 saturated heterocycles. The molecule has 0 fully saturated rings. The van der Waals surface area contributed by atoms with Gasteiger partial charge < -0.3 is 10.2 Å². The highest BCUT2D eigenvalue weighted by atomic mass is 32.2. The summed E-state index contributed by atoms with van der Waals surface area (Å²) in [5.74, 6) is -1.01. The van der Waals surface area contributed by atoms with Gasteiger partial charge in [0.1, 0.15) is 12.6 Å². The maximum absolute atomic E-state index is 13.7. The lowest BCUT2D eigenvalue weighted by Crippen LogP contribution is -2.53. The lowest BCUT2D eigenvalue weighted by molar-refractivity contribution is -0.140. The molecular weight excluding hydrogens is 478 g/mol. The molecule has 0 bridgehead atoms. The third-order valence-electron chi connectivity index (χ3n) is 6.21. The Kier molecular flexibility index (Phi) is 10.2. The summed E-state index contributed by atoms with van der Waals surface area (Å²) in [5, 5.41) is 2.95. The third-order valence-corrected chi connectivity index (χ3v) is 7.35. The third kappa shape index (κ3) is 7.65. The number of nitrogens with zero attached hydrogens (tertiary/aromatic N) is 2. The Morgan fingerprint density at radius 1 is 1.00 bits per heavy atom. The number of carbonyl (C=O) groups excluding carboxylic acids is 3. The van der Waals surface area contributed by atoms with E-state index < -0.39 is 28.5 Å². The first-order valence-electron chi connectivity index (χ1n) is 12.1. The summed E-state index contributed by atoms with van der Waals surface area (Å²) in [6.45, 7) is 8.65. The van der Waals surface area contributed by atoms with Crippen molar-refractivity contribution in [2.45, 2.75) is 66.1 Å². The average Bonchev–Trinajstić information content (AvgIpc) is 2.82. The fourth-order valence-corrected chi connectivity index (χ4v) is 4.67. The van der Waals surface area contributed by atoms with Crippen LogP contribution in [0, 0.1) is 6.92 Å². The Bertz CT molecular complexity index is 1200. The van der Waals surface area contributed by atoms with Gasteiger partial charge >= 0.3 is 0 Å². The van der Waals surface area contributed by atoms with Gasteiger partial charge in [0.05, 0.1) is 11.9 Å². The first kappa shape index (κ1) is 29.0. The highest BCUT2D eigenvalue weighted by molar-refractivity contribution is 7.92. The minimum absolute atomic E-state index is 0.0659. The minimum Gasteiger partial charge on any atom is -0.352 e. The van der Waals surface area contributed by atoms with Crippen LogP contribution < -0.4 is 9.62 Å². The van der Waals surface area contributed by atoms with Gasteiger partial charge in [-0.05, 0) is 56.9 Å². The second kappa shape index (κ2) is 12.7. The number of hydrogen-bond donors (Lipinski definition) is 1. The normalized spacial score (nSPS) is 12.9. The molecule has 196 valence electrons. The van der Waals surface area contributed by atoms with Crippen LogP contribution in [0.2, 0.25) is 0 Å². The highest BCUT2D eigenvalue weighted by Gasteiger charge is 2.32. The van der Waals surface area contributed by atoms with Crippen molar-refractivity contribution in [2.24, 2.45) is 0 Å². The quantitative estimate of drug-likeness (QED) is 0.434. The number of amides is 2. The van der Waals surface area contributed by atoms with E-state index in [0.29, 0.717) is 12.0 Å². The summed E-state index contributed by atoms with van der Waals surface area (Å²) < 4.78 is 26.4. The number of rotatable bonds is 12. The van der Waals surface area contributed by atoms with E-state index in [1.165, 1.54) is 17.9 Å². The van der Waals surface area contributed by atoms with Crippen LogP contribution in [0.5, 0.6) is 0 Å². The van der Waals surface area contributed by atoms with Crippen molar-refractivity contribution >= 4 is 33.3 Å². The first-order valence-corrected chi connectivity index (χ1v) is 14.0. The van der Waals surface area contributed by atoms with E-state index in [9.17, 15) is 22.8 Å². The summed E-state index contributed by atoms with van der Waals surface area (Å²) in [7, 11) is -3.87. The molecule has 0 spiro atoms. The molecule has 0 heterocycles. The number of Topliss-reactive ketones (excluding diaryl/α,β-unsaturated/α-hetero) is 1. The molecule has 2 aromatic carbocycles. The molecule has 2 amide bonds. The van der Waals surface area contributed by atoms with Crippen molar-refractivity contribution in [1.82, 2.24) is 10.2 Å². The SMILES string of the molecule is CC[C@H](C)NC(=O)[C@H](CC)N(Cc1ccccc1C)C(=O)CN(c1cccc(C(C)=O)c1)S(C)(=O)=O. The monoisotopic (exact) mass is 515 g/mol. The van der Waals surface area contributed by atoms with Crippen molar-refractivity contribution in [3.05, 3.63) is 65.2 Å². The van der Waals surface area contributed by atoms with Crippen molar-refractivity contribution in [3.63, 3.8) is 0 Å². The number of carbonyl (C=O) groups is 3. The smallest absolute Gasteiger partial charge is 0.244 e. The van der Waals surface area contributed by atoms with Crippen molar-refractivity contribution in [1.29, 1.82) is 0 Å².